The van der Waals surface area contributed by atoms with E-state index in [9.17, 15) is 0 Å². The predicted molar refractivity (Wildman–Crippen MR) is 91.0 cm³/mol. The third-order valence-corrected chi connectivity index (χ3v) is 4.27. The minimum Gasteiger partial charge on any atom is -0.444 e. The molecular formula is C17H18N6O. The molecule has 0 amide bonds. The first-order chi connectivity index (χ1) is 11.6. The van der Waals surface area contributed by atoms with E-state index in [1.54, 1.807) is 12.5 Å². The average molecular weight is 322 g/mol. The van der Waals surface area contributed by atoms with Crippen LogP contribution in [0.3, 0.4) is 0 Å². The monoisotopic (exact) mass is 322 g/mol. The summed E-state index contributed by atoms with van der Waals surface area (Å²) in [5.41, 5.74) is 10.0. The molecule has 0 saturated carbocycles. The first-order valence-electron chi connectivity index (χ1n) is 7.74. The summed E-state index contributed by atoms with van der Waals surface area (Å²) in [6, 6.07) is 6.15. The maximum absolute atomic E-state index is 6.00. The maximum atomic E-state index is 6.00. The summed E-state index contributed by atoms with van der Waals surface area (Å²) >= 11 is 0. The molecule has 2 aromatic heterocycles. The number of aryl methyl sites for hydroxylation is 1. The Balaban J connectivity index is 1.69. The van der Waals surface area contributed by atoms with Gasteiger partial charge in [-0.2, -0.15) is 0 Å². The summed E-state index contributed by atoms with van der Waals surface area (Å²) in [6.45, 7) is 2.76. The fraction of sp³-hybridized carbons (Fsp3) is 0.235. The fourth-order valence-corrected chi connectivity index (χ4v) is 3.08. The number of imidazole rings is 1. The molecule has 4 rings (SSSR count). The highest BCUT2D eigenvalue weighted by Crippen LogP contribution is 2.23. The van der Waals surface area contributed by atoms with Gasteiger partial charge in [0, 0.05) is 19.8 Å². The van der Waals surface area contributed by atoms with Crippen LogP contribution in [-0.4, -0.2) is 31.2 Å². The summed E-state index contributed by atoms with van der Waals surface area (Å²) in [5.74, 6) is 0.945. The molecule has 1 aromatic carbocycles. The van der Waals surface area contributed by atoms with Crippen LogP contribution in [0.4, 0.5) is 0 Å². The minimum absolute atomic E-state index is 0.000524. The van der Waals surface area contributed by atoms with Crippen LogP contribution in [0.25, 0.3) is 11.0 Å². The molecule has 2 N–H and O–H groups in total. The van der Waals surface area contributed by atoms with Gasteiger partial charge in [0.2, 0.25) is 5.89 Å². The van der Waals surface area contributed by atoms with E-state index in [0.717, 1.165) is 16.7 Å². The van der Waals surface area contributed by atoms with Crippen molar-refractivity contribution in [2.45, 2.75) is 19.5 Å². The molecule has 1 aliphatic heterocycles. The largest absolute Gasteiger partial charge is 0.444 e. The highest BCUT2D eigenvalue weighted by Gasteiger charge is 2.26. The van der Waals surface area contributed by atoms with Crippen LogP contribution in [0.15, 0.2) is 58.4 Å². The van der Waals surface area contributed by atoms with E-state index >= 15 is 0 Å². The van der Waals surface area contributed by atoms with Crippen LogP contribution in [0.2, 0.25) is 0 Å². The molecule has 3 heterocycles. The Kier molecular flexibility index (Phi) is 3.34. The van der Waals surface area contributed by atoms with E-state index in [1.807, 2.05) is 36.3 Å². The topological polar surface area (TPSA) is 85.5 Å². The lowest BCUT2D eigenvalue weighted by molar-refractivity contribution is 0.332. The number of oxazole rings is 1. The van der Waals surface area contributed by atoms with Crippen molar-refractivity contribution in [1.82, 2.24) is 19.4 Å². The lowest BCUT2D eigenvalue weighted by Gasteiger charge is -2.31. The highest BCUT2D eigenvalue weighted by atomic mass is 16.3. The first-order valence-corrected chi connectivity index (χ1v) is 7.74. The van der Waals surface area contributed by atoms with E-state index in [2.05, 4.69) is 32.9 Å². The Bertz CT molecular complexity index is 937. The van der Waals surface area contributed by atoms with Crippen molar-refractivity contribution < 1.29 is 4.42 Å². The van der Waals surface area contributed by atoms with Gasteiger partial charge in [-0.25, -0.2) is 15.0 Å². The van der Waals surface area contributed by atoms with Crippen molar-refractivity contribution >= 4 is 16.7 Å². The second-order valence-corrected chi connectivity index (χ2v) is 5.88. The molecule has 3 aromatic rings. The Labute approximate surface area is 139 Å². The Hall–Kier alpha value is -3.09. The summed E-state index contributed by atoms with van der Waals surface area (Å²) in [6.07, 6.45) is 6.85. The molecule has 7 nitrogen and oxygen atoms in total. The van der Waals surface area contributed by atoms with Gasteiger partial charge in [0.15, 0.2) is 0 Å². The number of aliphatic imine (C=N–C) groups is 1. The van der Waals surface area contributed by atoms with Gasteiger partial charge >= 0.3 is 0 Å². The smallest absolute Gasteiger partial charge is 0.242 e. The van der Waals surface area contributed by atoms with Crippen molar-refractivity contribution in [3.63, 3.8) is 0 Å². The number of fused-ring (bicyclic) bond motifs is 1. The van der Waals surface area contributed by atoms with Crippen molar-refractivity contribution in [3.05, 3.63) is 60.5 Å². The van der Waals surface area contributed by atoms with E-state index in [1.165, 1.54) is 5.56 Å². The third-order valence-electron chi connectivity index (χ3n) is 4.27. The quantitative estimate of drug-likeness (QED) is 0.797. The zero-order valence-corrected chi connectivity index (χ0v) is 13.5. The van der Waals surface area contributed by atoms with Gasteiger partial charge in [0.1, 0.15) is 17.8 Å². The van der Waals surface area contributed by atoms with Crippen LogP contribution in [0, 0.1) is 0 Å². The van der Waals surface area contributed by atoms with Crippen molar-refractivity contribution in [2.24, 2.45) is 17.8 Å². The van der Waals surface area contributed by atoms with Crippen molar-refractivity contribution in [3.8, 4) is 0 Å². The first kappa shape index (κ1) is 14.5. The summed E-state index contributed by atoms with van der Waals surface area (Å²) in [5, 5.41) is 0. The standard InChI is InChI=1S/C17H18N6O/c1-11-15(17-19-6-7-24-17)21-14(18)9-23(11)8-12-4-3-5-13-16(12)22(2)10-20-13/h3-7,9-11H,8,18H2,1-2H3. The van der Waals surface area contributed by atoms with E-state index in [4.69, 9.17) is 10.2 Å². The summed E-state index contributed by atoms with van der Waals surface area (Å²) < 4.78 is 7.44. The molecule has 1 atom stereocenters. The number of hydrogen-bond donors (Lipinski definition) is 1. The van der Waals surface area contributed by atoms with Crippen LogP contribution in [0.5, 0.6) is 0 Å². The molecule has 7 heteroatoms. The van der Waals surface area contributed by atoms with E-state index in [-0.39, 0.29) is 6.04 Å². The molecule has 0 saturated heterocycles. The molecule has 0 fully saturated rings. The van der Waals surface area contributed by atoms with Gasteiger partial charge in [-0.15, -0.1) is 0 Å². The maximum Gasteiger partial charge on any atom is 0.242 e. The second kappa shape index (κ2) is 5.52. The van der Waals surface area contributed by atoms with Crippen LogP contribution in [0.1, 0.15) is 18.4 Å². The van der Waals surface area contributed by atoms with Gasteiger partial charge in [0.25, 0.3) is 0 Å². The van der Waals surface area contributed by atoms with E-state index < -0.39 is 0 Å². The van der Waals surface area contributed by atoms with Gasteiger partial charge in [-0.1, -0.05) is 12.1 Å². The highest BCUT2D eigenvalue weighted by molar-refractivity contribution is 6.01. The lowest BCUT2D eigenvalue weighted by atomic mass is 10.1. The number of hydrogen-bond acceptors (Lipinski definition) is 6. The molecule has 0 radical (unpaired) electrons. The zero-order valence-electron chi connectivity index (χ0n) is 13.5. The molecule has 0 spiro atoms. The van der Waals surface area contributed by atoms with Crippen LogP contribution in [-0.2, 0) is 13.6 Å². The van der Waals surface area contributed by atoms with Crippen LogP contribution < -0.4 is 5.73 Å². The number of nitrogens with two attached hydrogens (primary N) is 1. The second-order valence-electron chi connectivity index (χ2n) is 5.88. The van der Waals surface area contributed by atoms with Gasteiger partial charge in [-0.3, -0.25) is 0 Å². The Morgan fingerprint density at radius 2 is 2.17 bits per heavy atom. The van der Waals surface area contributed by atoms with Crippen molar-refractivity contribution in [2.75, 3.05) is 0 Å². The number of benzene rings is 1. The Morgan fingerprint density at radius 3 is 2.96 bits per heavy atom. The number of nitrogens with zero attached hydrogens (tertiary/aromatic N) is 5. The predicted octanol–water partition coefficient (Wildman–Crippen LogP) is 2.01. The molecular weight excluding hydrogens is 304 g/mol. The van der Waals surface area contributed by atoms with Crippen molar-refractivity contribution in [1.29, 1.82) is 0 Å². The molecule has 122 valence electrons. The zero-order chi connectivity index (χ0) is 16.7. The summed E-state index contributed by atoms with van der Waals surface area (Å²) in [4.78, 5) is 15.2. The van der Waals surface area contributed by atoms with Gasteiger partial charge < -0.3 is 19.6 Å². The van der Waals surface area contributed by atoms with Crippen LogP contribution >= 0.6 is 0 Å². The normalized spacial score (nSPS) is 17.9. The van der Waals surface area contributed by atoms with Gasteiger partial charge in [0.05, 0.1) is 29.6 Å². The number of para-hydroxylation sites is 1. The summed E-state index contributed by atoms with van der Waals surface area (Å²) in [7, 11) is 2.00. The minimum atomic E-state index is -0.000524. The number of aromatic nitrogens is 3. The number of rotatable bonds is 3. The molecule has 0 aliphatic carbocycles. The molecule has 0 bridgehead atoms. The lowest BCUT2D eigenvalue weighted by Crippen LogP contribution is -2.39. The Morgan fingerprint density at radius 1 is 1.29 bits per heavy atom. The molecule has 1 unspecified atom stereocenters. The SMILES string of the molecule is CC1C(c2ncco2)=NC(N)=CN1Cc1cccc2ncn(C)c12. The average Bonchev–Trinajstić information content (AvgIpc) is 3.21. The molecule has 1 aliphatic rings. The third kappa shape index (κ3) is 2.34. The van der Waals surface area contributed by atoms with Gasteiger partial charge in [-0.05, 0) is 18.6 Å². The fourth-order valence-electron chi connectivity index (χ4n) is 3.08. The molecule has 24 heavy (non-hydrogen) atoms. The van der Waals surface area contributed by atoms with E-state index in [0.29, 0.717) is 18.3 Å².